The molecular formula is C26H26N4O3S. The van der Waals surface area contributed by atoms with Crippen molar-refractivity contribution in [1.29, 1.82) is 0 Å². The summed E-state index contributed by atoms with van der Waals surface area (Å²) in [5, 5.41) is 0.981. The Balaban J connectivity index is 1.23. The Bertz CT molecular complexity index is 1290. The average Bonchev–Trinajstić information content (AvgIpc) is 3.56. The van der Waals surface area contributed by atoms with E-state index in [-0.39, 0.29) is 36.7 Å². The molecule has 174 valence electrons. The minimum atomic E-state index is -0.736. The van der Waals surface area contributed by atoms with Crippen molar-refractivity contribution < 1.29 is 14.4 Å². The highest BCUT2D eigenvalue weighted by Crippen LogP contribution is 2.44. The predicted molar refractivity (Wildman–Crippen MR) is 131 cm³/mol. The molecule has 0 N–H and O–H groups in total. The topological polar surface area (TPSA) is 73.8 Å². The Morgan fingerprint density at radius 2 is 1.94 bits per heavy atom. The standard InChI is InChI=1S/C26H26N4O3S/c1-26-14-12-23(32)30(26)19-9-4-2-7-17(19)25(33)29(26)16-13-22(31)28-15-6-10-20(28)24-27-18-8-3-5-11-21(18)34-24/h2-5,7-9,11,20H,6,10,12-16H2,1H3/t20-,26-/m0/s1. The smallest absolute Gasteiger partial charge is 0.257 e. The van der Waals surface area contributed by atoms with Crippen LogP contribution in [0.3, 0.4) is 0 Å². The lowest BCUT2D eigenvalue weighted by atomic mass is 9.98. The van der Waals surface area contributed by atoms with Gasteiger partial charge in [0.05, 0.1) is 27.5 Å². The summed E-state index contributed by atoms with van der Waals surface area (Å²) in [7, 11) is 0. The fraction of sp³-hybridized carbons (Fsp3) is 0.385. The SMILES string of the molecule is C[C@@]12CCC(=O)N1c1ccccc1C(=O)N2CCC(=O)N1CCC[C@H]1c1nc2ccccc2s1. The summed E-state index contributed by atoms with van der Waals surface area (Å²) in [5.74, 6) is -0.0527. The molecule has 2 fully saturated rings. The van der Waals surface area contributed by atoms with E-state index >= 15 is 0 Å². The van der Waals surface area contributed by atoms with Crippen LogP contribution in [0, 0.1) is 0 Å². The summed E-state index contributed by atoms with van der Waals surface area (Å²) in [6, 6.07) is 15.3. The van der Waals surface area contributed by atoms with E-state index in [1.54, 1.807) is 27.2 Å². The van der Waals surface area contributed by atoms with Crippen molar-refractivity contribution in [1.82, 2.24) is 14.8 Å². The predicted octanol–water partition coefficient (Wildman–Crippen LogP) is 4.35. The minimum absolute atomic E-state index is 0.0113. The van der Waals surface area contributed by atoms with Crippen LogP contribution in [0.15, 0.2) is 48.5 Å². The quantitative estimate of drug-likeness (QED) is 0.564. The molecular weight excluding hydrogens is 448 g/mol. The zero-order valence-electron chi connectivity index (χ0n) is 19.1. The average molecular weight is 475 g/mol. The lowest BCUT2D eigenvalue weighted by Gasteiger charge is -2.48. The van der Waals surface area contributed by atoms with Gasteiger partial charge in [-0.25, -0.2) is 4.98 Å². The number of rotatable bonds is 4. The number of likely N-dealkylation sites (tertiary alicyclic amines) is 1. The Morgan fingerprint density at radius 1 is 1.15 bits per heavy atom. The van der Waals surface area contributed by atoms with Gasteiger partial charge in [-0.05, 0) is 50.5 Å². The van der Waals surface area contributed by atoms with Crippen LogP contribution in [0.4, 0.5) is 5.69 Å². The number of nitrogens with zero attached hydrogens (tertiary/aromatic N) is 4. The highest BCUT2D eigenvalue weighted by Gasteiger charge is 2.53. The van der Waals surface area contributed by atoms with Gasteiger partial charge in [-0.15, -0.1) is 11.3 Å². The number of fused-ring (bicyclic) bond motifs is 4. The van der Waals surface area contributed by atoms with Crippen LogP contribution in [0.5, 0.6) is 0 Å². The normalized spacial score (nSPS) is 24.1. The zero-order valence-corrected chi connectivity index (χ0v) is 19.9. The van der Waals surface area contributed by atoms with Gasteiger partial charge in [0, 0.05) is 25.9 Å². The minimum Gasteiger partial charge on any atom is -0.333 e. The fourth-order valence-corrected chi connectivity index (χ4v) is 6.86. The number of anilines is 1. The molecule has 1 aromatic heterocycles. The van der Waals surface area contributed by atoms with Crippen LogP contribution < -0.4 is 4.90 Å². The van der Waals surface area contributed by atoms with Crippen molar-refractivity contribution in [3.8, 4) is 0 Å². The first-order chi connectivity index (χ1) is 16.5. The number of hydrogen-bond donors (Lipinski definition) is 0. The first kappa shape index (κ1) is 21.3. The summed E-state index contributed by atoms with van der Waals surface area (Å²) in [6.07, 6.45) is 3.04. The number of amides is 3. The lowest BCUT2D eigenvalue weighted by Crippen LogP contribution is -2.62. The molecule has 0 spiro atoms. The third-order valence-electron chi connectivity index (χ3n) is 7.46. The second-order valence-corrected chi connectivity index (χ2v) is 10.5. The first-order valence-electron chi connectivity index (χ1n) is 11.9. The molecule has 2 saturated heterocycles. The first-order valence-corrected chi connectivity index (χ1v) is 12.7. The summed E-state index contributed by atoms with van der Waals surface area (Å²) >= 11 is 1.65. The molecule has 4 heterocycles. The van der Waals surface area contributed by atoms with Gasteiger partial charge in [-0.3, -0.25) is 19.3 Å². The maximum atomic E-state index is 13.4. The zero-order chi connectivity index (χ0) is 23.4. The molecule has 0 radical (unpaired) electrons. The highest BCUT2D eigenvalue weighted by molar-refractivity contribution is 7.18. The number of benzene rings is 2. The van der Waals surface area contributed by atoms with E-state index in [1.807, 2.05) is 48.2 Å². The molecule has 8 heteroatoms. The summed E-state index contributed by atoms with van der Waals surface area (Å²) in [5.41, 5.74) is 1.44. The number of thiazole rings is 1. The molecule has 2 atom stereocenters. The molecule has 0 unspecified atom stereocenters. The lowest BCUT2D eigenvalue weighted by molar-refractivity contribution is -0.132. The molecule has 0 saturated carbocycles. The van der Waals surface area contributed by atoms with Crippen molar-refractivity contribution in [2.75, 3.05) is 18.0 Å². The number of carbonyl (C=O) groups is 3. The van der Waals surface area contributed by atoms with Crippen molar-refractivity contribution >= 4 is 45.0 Å². The largest absolute Gasteiger partial charge is 0.333 e. The fourth-order valence-electron chi connectivity index (χ4n) is 5.75. The number of aromatic nitrogens is 1. The molecule has 3 amide bonds. The monoisotopic (exact) mass is 474 g/mol. The molecule has 0 bridgehead atoms. The van der Waals surface area contributed by atoms with E-state index in [1.165, 1.54) is 0 Å². The molecule has 0 aliphatic carbocycles. The van der Waals surface area contributed by atoms with E-state index in [4.69, 9.17) is 4.98 Å². The van der Waals surface area contributed by atoms with E-state index in [0.717, 1.165) is 28.1 Å². The molecule has 6 rings (SSSR count). The third kappa shape index (κ3) is 3.15. The van der Waals surface area contributed by atoms with Crippen LogP contribution in [-0.2, 0) is 9.59 Å². The van der Waals surface area contributed by atoms with Crippen molar-refractivity contribution in [2.45, 2.75) is 50.7 Å². The molecule has 3 aromatic rings. The Kier molecular flexibility index (Phi) is 4.95. The Morgan fingerprint density at radius 3 is 2.79 bits per heavy atom. The van der Waals surface area contributed by atoms with E-state index in [0.29, 0.717) is 30.6 Å². The summed E-state index contributed by atoms with van der Waals surface area (Å²) in [6.45, 7) is 2.93. The van der Waals surface area contributed by atoms with Gasteiger partial charge in [-0.1, -0.05) is 24.3 Å². The summed E-state index contributed by atoms with van der Waals surface area (Å²) < 4.78 is 1.13. The van der Waals surface area contributed by atoms with E-state index in [2.05, 4.69) is 6.07 Å². The maximum Gasteiger partial charge on any atom is 0.257 e. The number of carbonyl (C=O) groups excluding carboxylic acids is 3. The van der Waals surface area contributed by atoms with Crippen molar-refractivity contribution in [2.24, 2.45) is 0 Å². The molecule has 2 aromatic carbocycles. The van der Waals surface area contributed by atoms with Gasteiger partial charge in [0.2, 0.25) is 11.8 Å². The van der Waals surface area contributed by atoms with Gasteiger partial charge in [0.25, 0.3) is 5.91 Å². The third-order valence-corrected chi connectivity index (χ3v) is 8.60. The van der Waals surface area contributed by atoms with Crippen LogP contribution in [0.2, 0.25) is 0 Å². The van der Waals surface area contributed by atoms with Crippen molar-refractivity contribution in [3.63, 3.8) is 0 Å². The maximum absolute atomic E-state index is 13.4. The van der Waals surface area contributed by atoms with Crippen LogP contribution >= 0.6 is 11.3 Å². The molecule has 3 aliphatic rings. The van der Waals surface area contributed by atoms with Crippen LogP contribution in [0.1, 0.15) is 60.4 Å². The van der Waals surface area contributed by atoms with E-state index in [9.17, 15) is 14.4 Å². The number of para-hydroxylation sites is 2. The second-order valence-electron chi connectivity index (χ2n) is 9.44. The van der Waals surface area contributed by atoms with Crippen molar-refractivity contribution in [3.05, 3.63) is 59.1 Å². The molecule has 34 heavy (non-hydrogen) atoms. The van der Waals surface area contributed by atoms with Gasteiger partial charge in [0.1, 0.15) is 10.7 Å². The Hall–Kier alpha value is -3.26. The van der Waals surface area contributed by atoms with Crippen LogP contribution in [0.25, 0.3) is 10.2 Å². The van der Waals surface area contributed by atoms with Crippen LogP contribution in [-0.4, -0.2) is 51.3 Å². The van der Waals surface area contributed by atoms with Gasteiger partial charge in [0.15, 0.2) is 0 Å². The van der Waals surface area contributed by atoms with E-state index < -0.39 is 5.66 Å². The summed E-state index contributed by atoms with van der Waals surface area (Å²) in [4.78, 5) is 49.8. The molecule has 3 aliphatic heterocycles. The highest BCUT2D eigenvalue weighted by atomic mass is 32.1. The van der Waals surface area contributed by atoms with Gasteiger partial charge >= 0.3 is 0 Å². The van der Waals surface area contributed by atoms with Gasteiger partial charge in [-0.2, -0.15) is 0 Å². The molecule has 7 nitrogen and oxygen atoms in total. The second kappa shape index (κ2) is 7.91. The van der Waals surface area contributed by atoms with Gasteiger partial charge < -0.3 is 9.80 Å². The number of hydrogen-bond acceptors (Lipinski definition) is 5. The Labute approximate surface area is 202 Å².